The fourth-order valence-electron chi connectivity index (χ4n) is 4.94. The fraction of sp³-hybridized carbons (Fsp3) is 0.393. The van der Waals surface area contributed by atoms with E-state index in [4.69, 9.17) is 10.1 Å². The second kappa shape index (κ2) is 8.90. The van der Waals surface area contributed by atoms with E-state index in [9.17, 15) is 14.0 Å². The molecule has 8 nitrogen and oxygen atoms in total. The molecule has 1 amide bonds. The number of likely N-dealkylation sites (tertiary alicyclic amines) is 1. The fourth-order valence-corrected chi connectivity index (χ4v) is 4.94. The standard InChI is InChI=1S/C28H31FN6O2/c1-27(2,3)20-15-22(17-6-8-19(29)9-7-17)33-35-16-23(31-25(20)35)26(37)34-13-11-18(21-10-12-30-32-21)14-24(36)28(34,4)5/h6-10,12,15-16,18H,11,13-14H2,1-5H3,(H,30,32). The Kier molecular flexibility index (Phi) is 5.96. The minimum absolute atomic E-state index is 0.00573. The van der Waals surface area contributed by atoms with Crippen molar-refractivity contribution in [3.8, 4) is 11.3 Å². The number of hydrogen-bond acceptors (Lipinski definition) is 5. The van der Waals surface area contributed by atoms with Crippen LogP contribution in [-0.2, 0) is 10.2 Å². The van der Waals surface area contributed by atoms with Gasteiger partial charge in [0.25, 0.3) is 5.91 Å². The lowest BCUT2D eigenvalue weighted by atomic mass is 9.87. The Labute approximate surface area is 214 Å². The summed E-state index contributed by atoms with van der Waals surface area (Å²) < 4.78 is 15.1. The molecule has 9 heteroatoms. The molecule has 4 aromatic rings. The van der Waals surface area contributed by atoms with Crippen LogP contribution in [0.3, 0.4) is 0 Å². The molecule has 1 fully saturated rings. The zero-order chi connectivity index (χ0) is 26.5. The first kappa shape index (κ1) is 24.8. The molecular weight excluding hydrogens is 471 g/mol. The summed E-state index contributed by atoms with van der Waals surface area (Å²) in [7, 11) is 0. The number of amides is 1. The van der Waals surface area contributed by atoms with Crippen LogP contribution < -0.4 is 0 Å². The maximum atomic E-state index is 13.8. The van der Waals surface area contributed by atoms with Crippen LogP contribution in [0.4, 0.5) is 4.39 Å². The summed E-state index contributed by atoms with van der Waals surface area (Å²) in [4.78, 5) is 33.5. The van der Waals surface area contributed by atoms with E-state index in [2.05, 4.69) is 31.0 Å². The molecule has 0 saturated carbocycles. The van der Waals surface area contributed by atoms with Crippen molar-refractivity contribution in [1.29, 1.82) is 0 Å². The summed E-state index contributed by atoms with van der Waals surface area (Å²) in [6.07, 6.45) is 4.27. The molecular formula is C28H31FN6O2. The van der Waals surface area contributed by atoms with Gasteiger partial charge in [-0.3, -0.25) is 14.7 Å². The number of hydrogen-bond donors (Lipinski definition) is 1. The lowest BCUT2D eigenvalue weighted by molar-refractivity contribution is -0.127. The number of imidazole rings is 1. The summed E-state index contributed by atoms with van der Waals surface area (Å²) >= 11 is 0. The van der Waals surface area contributed by atoms with Crippen molar-refractivity contribution in [2.24, 2.45) is 0 Å². The molecule has 1 aliphatic rings. The molecule has 1 aliphatic heterocycles. The topological polar surface area (TPSA) is 96.3 Å². The minimum atomic E-state index is -0.985. The van der Waals surface area contributed by atoms with Crippen molar-refractivity contribution in [3.63, 3.8) is 0 Å². The number of H-pyrrole nitrogens is 1. The van der Waals surface area contributed by atoms with E-state index in [1.807, 2.05) is 12.1 Å². The molecule has 37 heavy (non-hydrogen) atoms. The number of halogens is 1. The van der Waals surface area contributed by atoms with Gasteiger partial charge in [0.05, 0.1) is 17.4 Å². The predicted molar refractivity (Wildman–Crippen MR) is 138 cm³/mol. The Balaban J connectivity index is 1.55. The first-order valence-corrected chi connectivity index (χ1v) is 12.5. The van der Waals surface area contributed by atoms with Gasteiger partial charge in [0.15, 0.2) is 11.4 Å². The van der Waals surface area contributed by atoms with Crippen LogP contribution in [0.2, 0.25) is 0 Å². The number of carbonyl (C=O) groups is 2. The summed E-state index contributed by atoms with van der Waals surface area (Å²) in [5, 5.41) is 11.7. The van der Waals surface area contributed by atoms with Gasteiger partial charge < -0.3 is 4.90 Å². The summed E-state index contributed by atoms with van der Waals surface area (Å²) in [6.45, 7) is 10.2. The molecule has 1 aromatic carbocycles. The molecule has 1 saturated heterocycles. The third-order valence-corrected chi connectivity index (χ3v) is 7.29. The van der Waals surface area contributed by atoms with Gasteiger partial charge in [-0.2, -0.15) is 10.2 Å². The van der Waals surface area contributed by atoms with Gasteiger partial charge in [0.2, 0.25) is 0 Å². The highest BCUT2D eigenvalue weighted by atomic mass is 19.1. The van der Waals surface area contributed by atoms with Gasteiger partial charge in [-0.25, -0.2) is 13.9 Å². The highest BCUT2D eigenvalue weighted by Crippen LogP contribution is 2.34. The lowest BCUT2D eigenvalue weighted by Crippen LogP contribution is -2.52. The number of benzene rings is 1. The molecule has 192 valence electrons. The molecule has 1 unspecified atom stereocenters. The van der Waals surface area contributed by atoms with E-state index in [1.54, 1.807) is 47.8 Å². The van der Waals surface area contributed by atoms with Crippen molar-refractivity contribution in [1.82, 2.24) is 29.7 Å². The van der Waals surface area contributed by atoms with Crippen molar-refractivity contribution in [2.45, 2.75) is 64.3 Å². The smallest absolute Gasteiger partial charge is 0.274 e. The van der Waals surface area contributed by atoms with Crippen LogP contribution in [0.1, 0.15) is 75.1 Å². The second-order valence-corrected chi connectivity index (χ2v) is 11.2. The molecule has 4 heterocycles. The molecule has 1 atom stereocenters. The largest absolute Gasteiger partial charge is 0.325 e. The van der Waals surface area contributed by atoms with Gasteiger partial charge >= 0.3 is 0 Å². The number of aromatic nitrogens is 5. The molecule has 1 N–H and O–H groups in total. The predicted octanol–water partition coefficient (Wildman–Crippen LogP) is 4.92. The van der Waals surface area contributed by atoms with Crippen molar-refractivity contribution in [2.75, 3.05) is 6.54 Å². The Morgan fingerprint density at radius 3 is 2.54 bits per heavy atom. The first-order valence-electron chi connectivity index (χ1n) is 12.5. The van der Waals surface area contributed by atoms with Crippen LogP contribution in [-0.4, -0.2) is 53.5 Å². The number of nitrogens with one attached hydrogen (secondary N) is 1. The number of Topliss-reactive ketones (excluding diaryl/α,β-unsaturated/α-hetero) is 1. The minimum Gasteiger partial charge on any atom is -0.325 e. The molecule has 3 aromatic heterocycles. The van der Waals surface area contributed by atoms with Crippen LogP contribution in [0.25, 0.3) is 16.9 Å². The number of rotatable bonds is 3. The van der Waals surface area contributed by atoms with Crippen LogP contribution in [0.5, 0.6) is 0 Å². The maximum absolute atomic E-state index is 13.8. The van der Waals surface area contributed by atoms with Crippen molar-refractivity contribution >= 4 is 17.3 Å². The van der Waals surface area contributed by atoms with Crippen LogP contribution in [0.15, 0.2) is 48.8 Å². The summed E-state index contributed by atoms with van der Waals surface area (Å²) in [6, 6.07) is 9.98. The maximum Gasteiger partial charge on any atom is 0.274 e. The first-order chi connectivity index (χ1) is 17.4. The monoisotopic (exact) mass is 502 g/mol. The number of ketones is 1. The quantitative estimate of drug-likeness (QED) is 0.429. The highest BCUT2D eigenvalue weighted by molar-refractivity contribution is 5.99. The number of aromatic amines is 1. The number of nitrogens with zero attached hydrogens (tertiary/aromatic N) is 5. The second-order valence-electron chi connectivity index (χ2n) is 11.2. The lowest BCUT2D eigenvalue weighted by Gasteiger charge is -2.35. The van der Waals surface area contributed by atoms with Crippen LogP contribution in [0, 0.1) is 5.82 Å². The Bertz CT molecular complexity index is 1470. The molecule has 0 spiro atoms. The van der Waals surface area contributed by atoms with Gasteiger partial charge in [-0.15, -0.1) is 0 Å². The Hall–Kier alpha value is -3.88. The zero-order valence-corrected chi connectivity index (χ0v) is 21.7. The molecule has 0 bridgehead atoms. The normalized spacial score (nSPS) is 18.3. The average molecular weight is 503 g/mol. The van der Waals surface area contributed by atoms with E-state index in [-0.39, 0.29) is 34.5 Å². The van der Waals surface area contributed by atoms with Crippen LogP contribution >= 0.6 is 0 Å². The summed E-state index contributed by atoms with van der Waals surface area (Å²) in [5.74, 6) is -0.660. The van der Waals surface area contributed by atoms with E-state index in [1.165, 1.54) is 12.1 Å². The van der Waals surface area contributed by atoms with Gasteiger partial charge in [-0.1, -0.05) is 20.8 Å². The van der Waals surface area contributed by atoms with Gasteiger partial charge in [-0.05, 0) is 62.1 Å². The van der Waals surface area contributed by atoms with Crippen molar-refractivity contribution in [3.05, 3.63) is 71.6 Å². The number of fused-ring (bicyclic) bond motifs is 1. The molecule has 5 rings (SSSR count). The highest BCUT2D eigenvalue weighted by Gasteiger charge is 2.42. The SMILES string of the molecule is CC(C)(C)c1cc(-c2ccc(F)cc2)nn2cc(C(=O)N3CCC(c4ccn[nH]4)CC(=O)C3(C)C)nc12. The van der Waals surface area contributed by atoms with E-state index < -0.39 is 5.54 Å². The Morgan fingerprint density at radius 2 is 1.89 bits per heavy atom. The van der Waals surface area contributed by atoms with E-state index in [0.29, 0.717) is 30.7 Å². The average Bonchev–Trinajstić information content (AvgIpc) is 3.50. The van der Waals surface area contributed by atoms with Gasteiger partial charge in [0, 0.05) is 41.9 Å². The zero-order valence-electron chi connectivity index (χ0n) is 21.7. The molecule has 0 radical (unpaired) electrons. The third kappa shape index (κ3) is 4.54. The third-order valence-electron chi connectivity index (χ3n) is 7.29. The van der Waals surface area contributed by atoms with Crippen molar-refractivity contribution < 1.29 is 14.0 Å². The Morgan fingerprint density at radius 1 is 1.16 bits per heavy atom. The number of carbonyl (C=O) groups excluding carboxylic acids is 2. The van der Waals surface area contributed by atoms with Gasteiger partial charge in [0.1, 0.15) is 11.5 Å². The van der Waals surface area contributed by atoms with E-state index in [0.717, 1.165) is 16.8 Å². The molecule has 0 aliphatic carbocycles. The van der Waals surface area contributed by atoms with E-state index >= 15 is 0 Å². The summed E-state index contributed by atoms with van der Waals surface area (Å²) in [5.41, 5.74) is 2.76.